The number of carbonyl (C=O) groups excluding carboxylic acids is 1. The van der Waals surface area contributed by atoms with Crippen molar-refractivity contribution >= 4 is 5.91 Å². The van der Waals surface area contributed by atoms with Crippen molar-refractivity contribution in [2.75, 3.05) is 13.6 Å². The van der Waals surface area contributed by atoms with Gasteiger partial charge in [-0.1, -0.05) is 13.8 Å². The molecular formula is C9H17NO. The number of nitrogens with zero attached hydrogens (tertiary/aromatic N) is 1. The molecule has 0 aromatic rings. The Morgan fingerprint density at radius 3 is 2.64 bits per heavy atom. The molecule has 0 spiro atoms. The third kappa shape index (κ3) is 1.73. The van der Waals surface area contributed by atoms with Crippen LogP contribution in [-0.4, -0.2) is 24.4 Å². The van der Waals surface area contributed by atoms with Gasteiger partial charge in [0.1, 0.15) is 0 Å². The van der Waals surface area contributed by atoms with Crippen LogP contribution in [0.3, 0.4) is 0 Å². The molecule has 1 fully saturated rings. The van der Waals surface area contributed by atoms with Crippen molar-refractivity contribution in [1.29, 1.82) is 0 Å². The minimum atomic E-state index is 0.286. The van der Waals surface area contributed by atoms with Gasteiger partial charge in [-0.2, -0.15) is 0 Å². The highest BCUT2D eigenvalue weighted by Gasteiger charge is 2.28. The maximum absolute atomic E-state index is 11.5. The Bertz CT molecular complexity index is 154. The molecule has 0 aromatic heterocycles. The fourth-order valence-electron chi connectivity index (χ4n) is 1.68. The molecule has 1 amide bonds. The van der Waals surface area contributed by atoms with E-state index < -0.39 is 0 Å². The normalized spacial score (nSPS) is 26.4. The predicted molar refractivity (Wildman–Crippen MR) is 45.2 cm³/mol. The number of rotatable bonds is 1. The molecule has 0 aromatic carbocycles. The number of carbonyl (C=O) groups is 1. The topological polar surface area (TPSA) is 20.3 Å². The average Bonchev–Trinajstić information content (AvgIpc) is 1.94. The Labute approximate surface area is 68.6 Å². The largest absolute Gasteiger partial charge is 0.346 e. The van der Waals surface area contributed by atoms with E-state index in [1.54, 1.807) is 0 Å². The third-order valence-corrected chi connectivity index (χ3v) is 2.51. The van der Waals surface area contributed by atoms with E-state index in [0.717, 1.165) is 13.0 Å². The second kappa shape index (κ2) is 3.24. The minimum absolute atomic E-state index is 0.286. The van der Waals surface area contributed by atoms with E-state index in [0.29, 0.717) is 11.8 Å². The van der Waals surface area contributed by atoms with E-state index in [9.17, 15) is 4.79 Å². The number of amides is 1. The number of hydrogen-bond donors (Lipinski definition) is 0. The summed E-state index contributed by atoms with van der Waals surface area (Å²) in [5, 5.41) is 0. The zero-order valence-electron chi connectivity index (χ0n) is 7.63. The molecule has 0 radical (unpaired) electrons. The molecule has 0 saturated carbocycles. The van der Waals surface area contributed by atoms with Gasteiger partial charge >= 0.3 is 0 Å². The van der Waals surface area contributed by atoms with Crippen molar-refractivity contribution in [2.45, 2.75) is 26.7 Å². The molecule has 1 heterocycles. The van der Waals surface area contributed by atoms with Crippen LogP contribution in [0.4, 0.5) is 0 Å². The molecule has 0 N–H and O–H groups in total. The van der Waals surface area contributed by atoms with Crippen molar-refractivity contribution in [2.24, 2.45) is 11.8 Å². The maximum atomic E-state index is 11.5. The highest BCUT2D eigenvalue weighted by Crippen LogP contribution is 2.23. The Kier molecular flexibility index (Phi) is 2.53. The smallest absolute Gasteiger partial charge is 0.225 e. The molecule has 1 aliphatic heterocycles. The van der Waals surface area contributed by atoms with Crippen LogP contribution >= 0.6 is 0 Å². The lowest BCUT2D eigenvalue weighted by Crippen LogP contribution is -2.40. The summed E-state index contributed by atoms with van der Waals surface area (Å²) in [7, 11) is 1.90. The van der Waals surface area contributed by atoms with E-state index >= 15 is 0 Å². The van der Waals surface area contributed by atoms with Crippen molar-refractivity contribution in [3.05, 3.63) is 0 Å². The molecule has 11 heavy (non-hydrogen) atoms. The Hall–Kier alpha value is -0.530. The van der Waals surface area contributed by atoms with E-state index in [2.05, 4.69) is 13.8 Å². The zero-order chi connectivity index (χ0) is 8.43. The van der Waals surface area contributed by atoms with Crippen LogP contribution in [0.1, 0.15) is 26.7 Å². The summed E-state index contributed by atoms with van der Waals surface area (Å²) in [5.41, 5.74) is 0. The van der Waals surface area contributed by atoms with Gasteiger partial charge in [0.05, 0.1) is 0 Å². The second-order valence-electron chi connectivity index (χ2n) is 3.75. The Balaban J connectivity index is 2.58. The molecule has 2 nitrogen and oxygen atoms in total. The summed E-state index contributed by atoms with van der Waals surface area (Å²) in [6, 6.07) is 0. The van der Waals surface area contributed by atoms with E-state index in [4.69, 9.17) is 0 Å². The standard InChI is InChI=1S/C9H17NO/c1-7(2)8-5-4-6-10(3)9(8)11/h7-8H,4-6H2,1-3H3/t8-/m1/s1. The molecule has 64 valence electrons. The Morgan fingerprint density at radius 1 is 1.55 bits per heavy atom. The molecule has 0 aliphatic carbocycles. The van der Waals surface area contributed by atoms with Gasteiger partial charge in [-0.15, -0.1) is 0 Å². The van der Waals surface area contributed by atoms with E-state index in [-0.39, 0.29) is 5.92 Å². The molecule has 1 atom stereocenters. The lowest BCUT2D eigenvalue weighted by Gasteiger charge is -2.31. The lowest BCUT2D eigenvalue weighted by atomic mass is 9.87. The Morgan fingerprint density at radius 2 is 2.18 bits per heavy atom. The minimum Gasteiger partial charge on any atom is -0.346 e. The molecular weight excluding hydrogens is 138 g/mol. The maximum Gasteiger partial charge on any atom is 0.225 e. The van der Waals surface area contributed by atoms with Crippen molar-refractivity contribution in [3.63, 3.8) is 0 Å². The average molecular weight is 155 g/mol. The number of piperidine rings is 1. The predicted octanol–water partition coefficient (Wildman–Crippen LogP) is 1.51. The molecule has 2 heteroatoms. The SMILES string of the molecule is CC(C)[C@H]1CCCN(C)C1=O. The van der Waals surface area contributed by atoms with Crippen LogP contribution in [0.2, 0.25) is 0 Å². The monoisotopic (exact) mass is 155 g/mol. The highest BCUT2D eigenvalue weighted by molar-refractivity contribution is 5.79. The molecule has 1 rings (SSSR count). The van der Waals surface area contributed by atoms with Crippen LogP contribution in [0.25, 0.3) is 0 Å². The summed E-state index contributed by atoms with van der Waals surface area (Å²) in [5.74, 6) is 1.13. The van der Waals surface area contributed by atoms with Crippen LogP contribution < -0.4 is 0 Å². The first kappa shape index (κ1) is 8.57. The van der Waals surface area contributed by atoms with E-state index in [1.807, 2.05) is 11.9 Å². The highest BCUT2D eigenvalue weighted by atomic mass is 16.2. The molecule has 0 unspecified atom stereocenters. The number of hydrogen-bond acceptors (Lipinski definition) is 1. The fourth-order valence-corrected chi connectivity index (χ4v) is 1.68. The molecule has 1 saturated heterocycles. The van der Waals surface area contributed by atoms with Gasteiger partial charge in [-0.25, -0.2) is 0 Å². The van der Waals surface area contributed by atoms with Gasteiger partial charge in [0.25, 0.3) is 0 Å². The lowest BCUT2D eigenvalue weighted by molar-refractivity contribution is -0.138. The van der Waals surface area contributed by atoms with Gasteiger partial charge in [-0.05, 0) is 18.8 Å². The summed E-state index contributed by atoms with van der Waals surface area (Å²) in [4.78, 5) is 13.3. The first-order chi connectivity index (χ1) is 5.13. The molecule has 0 bridgehead atoms. The van der Waals surface area contributed by atoms with Gasteiger partial charge in [-0.3, -0.25) is 4.79 Å². The van der Waals surface area contributed by atoms with Gasteiger partial charge < -0.3 is 4.90 Å². The van der Waals surface area contributed by atoms with Crippen LogP contribution in [0.5, 0.6) is 0 Å². The van der Waals surface area contributed by atoms with Crippen molar-refractivity contribution in [3.8, 4) is 0 Å². The summed E-state index contributed by atoms with van der Waals surface area (Å²) in [6.45, 7) is 5.20. The van der Waals surface area contributed by atoms with Crippen molar-refractivity contribution < 1.29 is 4.79 Å². The molecule has 1 aliphatic rings. The summed E-state index contributed by atoms with van der Waals surface area (Å²) in [6.07, 6.45) is 2.26. The van der Waals surface area contributed by atoms with Gasteiger partial charge in [0.15, 0.2) is 0 Å². The zero-order valence-corrected chi connectivity index (χ0v) is 7.63. The van der Waals surface area contributed by atoms with Gasteiger partial charge in [0, 0.05) is 19.5 Å². The second-order valence-corrected chi connectivity index (χ2v) is 3.75. The van der Waals surface area contributed by atoms with Crippen LogP contribution in [0.15, 0.2) is 0 Å². The quantitative estimate of drug-likeness (QED) is 0.562. The van der Waals surface area contributed by atoms with Crippen molar-refractivity contribution in [1.82, 2.24) is 4.90 Å². The fraction of sp³-hybridized carbons (Fsp3) is 0.889. The van der Waals surface area contributed by atoms with Gasteiger partial charge in [0.2, 0.25) is 5.91 Å². The van der Waals surface area contributed by atoms with E-state index in [1.165, 1.54) is 6.42 Å². The third-order valence-electron chi connectivity index (χ3n) is 2.51. The summed E-state index contributed by atoms with van der Waals surface area (Å²) < 4.78 is 0. The first-order valence-corrected chi connectivity index (χ1v) is 4.38. The first-order valence-electron chi connectivity index (χ1n) is 4.38. The number of likely N-dealkylation sites (tertiary alicyclic amines) is 1. The van der Waals surface area contributed by atoms with Crippen LogP contribution in [0, 0.1) is 11.8 Å². The summed E-state index contributed by atoms with van der Waals surface area (Å²) >= 11 is 0. The van der Waals surface area contributed by atoms with Crippen LogP contribution in [-0.2, 0) is 4.79 Å².